The Hall–Kier alpha value is -3.14. The molecule has 9 nitrogen and oxygen atoms in total. The molecule has 0 saturated carbocycles. The molecule has 10 heteroatoms. The molecule has 0 unspecified atom stereocenters. The number of anilines is 1. The minimum absolute atomic E-state index is 0.0511. The summed E-state index contributed by atoms with van der Waals surface area (Å²) in [5.41, 5.74) is 1.57. The molecule has 0 aliphatic heterocycles. The normalized spacial score (nSPS) is 12.1. The SMILES string of the molecule is CC[C@@H](NC(=O)CN(c1cccc([N+](=O)[O-])c1)S(C)(=O)=O)c1ccc(OC)c(C)c1. The van der Waals surface area contributed by atoms with Crippen LogP contribution in [0.4, 0.5) is 11.4 Å². The lowest BCUT2D eigenvalue weighted by Gasteiger charge is -2.24. The number of sulfonamides is 1. The first-order valence-electron chi connectivity index (χ1n) is 9.22. The van der Waals surface area contributed by atoms with Gasteiger partial charge in [-0.2, -0.15) is 0 Å². The molecule has 1 N–H and O–H groups in total. The number of amides is 1. The Kier molecular flexibility index (Phi) is 7.38. The second-order valence-electron chi connectivity index (χ2n) is 6.80. The summed E-state index contributed by atoms with van der Waals surface area (Å²) in [5.74, 6) is 0.209. The van der Waals surface area contributed by atoms with Gasteiger partial charge in [-0.15, -0.1) is 0 Å². The maximum absolute atomic E-state index is 12.7. The van der Waals surface area contributed by atoms with Crippen molar-refractivity contribution in [1.82, 2.24) is 5.32 Å². The van der Waals surface area contributed by atoms with Gasteiger partial charge in [0.15, 0.2) is 0 Å². The number of hydrogen-bond acceptors (Lipinski definition) is 6. The van der Waals surface area contributed by atoms with E-state index in [4.69, 9.17) is 4.74 Å². The highest BCUT2D eigenvalue weighted by Crippen LogP contribution is 2.25. The molecule has 0 heterocycles. The number of nitrogens with one attached hydrogen (secondary N) is 1. The molecule has 0 aliphatic rings. The Balaban J connectivity index is 2.24. The van der Waals surface area contributed by atoms with Crippen molar-refractivity contribution in [2.75, 3.05) is 24.2 Å². The molecular weight excluding hydrogens is 410 g/mol. The van der Waals surface area contributed by atoms with Crippen molar-refractivity contribution in [2.24, 2.45) is 0 Å². The maximum atomic E-state index is 12.7. The highest BCUT2D eigenvalue weighted by Gasteiger charge is 2.24. The van der Waals surface area contributed by atoms with Crippen molar-refractivity contribution in [3.05, 3.63) is 63.7 Å². The molecule has 0 saturated heterocycles. The van der Waals surface area contributed by atoms with Gasteiger partial charge in [0.1, 0.15) is 12.3 Å². The monoisotopic (exact) mass is 435 g/mol. The molecule has 0 aromatic heterocycles. The van der Waals surface area contributed by atoms with Crippen LogP contribution >= 0.6 is 0 Å². The van der Waals surface area contributed by atoms with Crippen LogP contribution in [0.25, 0.3) is 0 Å². The third-order valence-electron chi connectivity index (χ3n) is 4.58. The van der Waals surface area contributed by atoms with Crippen LogP contribution in [0.15, 0.2) is 42.5 Å². The van der Waals surface area contributed by atoms with E-state index in [0.29, 0.717) is 6.42 Å². The topological polar surface area (TPSA) is 119 Å². The van der Waals surface area contributed by atoms with Crippen molar-refractivity contribution in [3.8, 4) is 5.75 Å². The van der Waals surface area contributed by atoms with Crippen molar-refractivity contribution in [2.45, 2.75) is 26.3 Å². The Bertz CT molecular complexity index is 1040. The molecule has 0 aliphatic carbocycles. The van der Waals surface area contributed by atoms with Crippen LogP contribution in [0.5, 0.6) is 5.75 Å². The van der Waals surface area contributed by atoms with Gasteiger partial charge in [0.2, 0.25) is 15.9 Å². The number of rotatable bonds is 9. The number of nitrogens with zero attached hydrogens (tertiary/aromatic N) is 2. The van der Waals surface area contributed by atoms with E-state index in [1.807, 2.05) is 32.0 Å². The van der Waals surface area contributed by atoms with Crippen molar-refractivity contribution in [3.63, 3.8) is 0 Å². The zero-order valence-corrected chi connectivity index (χ0v) is 18.1. The first-order chi connectivity index (χ1) is 14.1. The first kappa shape index (κ1) is 23.1. The van der Waals surface area contributed by atoms with Gasteiger partial charge < -0.3 is 10.1 Å². The predicted molar refractivity (Wildman–Crippen MR) is 114 cm³/mol. The fourth-order valence-corrected chi connectivity index (χ4v) is 3.92. The average molecular weight is 436 g/mol. The molecule has 1 atom stereocenters. The summed E-state index contributed by atoms with van der Waals surface area (Å²) < 4.78 is 30.6. The molecule has 0 spiro atoms. The van der Waals surface area contributed by atoms with Gasteiger partial charge in [-0.05, 0) is 36.6 Å². The lowest BCUT2D eigenvalue weighted by molar-refractivity contribution is -0.384. The van der Waals surface area contributed by atoms with Gasteiger partial charge in [0.05, 0.1) is 30.0 Å². The van der Waals surface area contributed by atoms with Gasteiger partial charge in [-0.25, -0.2) is 8.42 Å². The standard InChI is InChI=1S/C20H25N3O6S/c1-5-18(15-9-10-19(29-3)14(2)11-15)21-20(24)13-22(30(4,27)28)16-7-6-8-17(12-16)23(25)26/h6-12,18H,5,13H2,1-4H3,(H,21,24)/t18-/m1/s1. The van der Waals surface area contributed by atoms with Gasteiger partial charge in [0, 0.05) is 12.1 Å². The number of aryl methyl sites for hydroxylation is 1. The van der Waals surface area contributed by atoms with E-state index in [1.54, 1.807) is 7.11 Å². The van der Waals surface area contributed by atoms with Gasteiger partial charge in [0.25, 0.3) is 5.69 Å². The smallest absolute Gasteiger partial charge is 0.271 e. The van der Waals surface area contributed by atoms with Gasteiger partial charge >= 0.3 is 0 Å². The van der Waals surface area contributed by atoms with Crippen LogP contribution in [0, 0.1) is 17.0 Å². The number of nitro benzene ring substituents is 1. The van der Waals surface area contributed by atoms with E-state index in [1.165, 1.54) is 18.2 Å². The highest BCUT2D eigenvalue weighted by molar-refractivity contribution is 7.92. The molecule has 0 fully saturated rings. The summed E-state index contributed by atoms with van der Waals surface area (Å²) in [4.78, 5) is 23.1. The number of nitro groups is 1. The molecule has 0 bridgehead atoms. The van der Waals surface area contributed by atoms with E-state index >= 15 is 0 Å². The van der Waals surface area contributed by atoms with Crippen molar-refractivity contribution >= 4 is 27.3 Å². The third-order valence-corrected chi connectivity index (χ3v) is 5.72. The van der Waals surface area contributed by atoms with Crippen molar-refractivity contribution in [1.29, 1.82) is 0 Å². The summed E-state index contributed by atoms with van der Waals surface area (Å²) in [6, 6.07) is 10.4. The van der Waals surface area contributed by atoms with Crippen LogP contribution in [-0.2, 0) is 14.8 Å². The summed E-state index contributed by atoms with van der Waals surface area (Å²) in [6.07, 6.45) is 1.54. The zero-order chi connectivity index (χ0) is 22.5. The zero-order valence-electron chi connectivity index (χ0n) is 17.3. The minimum atomic E-state index is -3.84. The van der Waals surface area contributed by atoms with Crippen LogP contribution in [-0.4, -0.2) is 39.2 Å². The van der Waals surface area contributed by atoms with Crippen LogP contribution in [0.2, 0.25) is 0 Å². The lowest BCUT2D eigenvalue weighted by Crippen LogP contribution is -2.41. The molecule has 2 rings (SSSR count). The summed E-state index contributed by atoms with van der Waals surface area (Å²) in [7, 11) is -2.27. The van der Waals surface area contributed by atoms with Crippen molar-refractivity contribution < 1.29 is 22.9 Å². The molecule has 0 radical (unpaired) electrons. The van der Waals surface area contributed by atoms with E-state index in [-0.39, 0.29) is 17.4 Å². The van der Waals surface area contributed by atoms with Crippen LogP contribution in [0.1, 0.15) is 30.5 Å². The Morgan fingerprint density at radius 1 is 1.27 bits per heavy atom. The second-order valence-corrected chi connectivity index (χ2v) is 8.71. The largest absolute Gasteiger partial charge is 0.496 e. The summed E-state index contributed by atoms with van der Waals surface area (Å²) in [6.45, 7) is 3.30. The van der Waals surface area contributed by atoms with E-state index < -0.39 is 27.4 Å². The lowest BCUT2D eigenvalue weighted by atomic mass is 10.0. The average Bonchev–Trinajstić information content (AvgIpc) is 2.69. The third kappa shape index (κ3) is 5.69. The number of ether oxygens (including phenoxy) is 1. The fourth-order valence-electron chi connectivity index (χ4n) is 3.07. The number of benzene rings is 2. The summed E-state index contributed by atoms with van der Waals surface area (Å²) >= 11 is 0. The van der Waals surface area contributed by atoms with E-state index in [0.717, 1.165) is 33.5 Å². The number of non-ortho nitro benzene ring substituents is 1. The van der Waals surface area contributed by atoms with Gasteiger partial charge in [-0.1, -0.05) is 25.1 Å². The Labute approximate surface area is 175 Å². The van der Waals surface area contributed by atoms with E-state index in [9.17, 15) is 23.3 Å². The van der Waals surface area contributed by atoms with E-state index in [2.05, 4.69) is 5.32 Å². The molecule has 30 heavy (non-hydrogen) atoms. The summed E-state index contributed by atoms with van der Waals surface area (Å²) in [5, 5.41) is 13.8. The highest BCUT2D eigenvalue weighted by atomic mass is 32.2. The van der Waals surface area contributed by atoms with Gasteiger partial charge in [-0.3, -0.25) is 19.2 Å². The molecule has 1 amide bonds. The minimum Gasteiger partial charge on any atom is -0.496 e. The number of carbonyl (C=O) groups excluding carboxylic acids is 1. The molecule has 162 valence electrons. The number of methoxy groups -OCH3 is 1. The Morgan fingerprint density at radius 2 is 1.97 bits per heavy atom. The van der Waals surface area contributed by atoms with Crippen LogP contribution in [0.3, 0.4) is 0 Å². The first-order valence-corrected chi connectivity index (χ1v) is 11.1. The maximum Gasteiger partial charge on any atom is 0.271 e. The quantitative estimate of drug-likeness (QED) is 0.478. The second kappa shape index (κ2) is 9.57. The number of hydrogen-bond donors (Lipinski definition) is 1. The van der Waals surface area contributed by atoms with Crippen LogP contribution < -0.4 is 14.4 Å². The molecule has 2 aromatic rings. The molecule has 2 aromatic carbocycles. The Morgan fingerprint density at radius 3 is 2.50 bits per heavy atom. The molecular formula is C20H25N3O6S. The fraction of sp³-hybridized carbons (Fsp3) is 0.350. The predicted octanol–water partition coefficient (Wildman–Crippen LogP) is 2.95. The number of carbonyl (C=O) groups is 1.